The summed E-state index contributed by atoms with van der Waals surface area (Å²) in [7, 11) is 0. The summed E-state index contributed by atoms with van der Waals surface area (Å²) < 4.78 is 5.14. The van der Waals surface area contributed by atoms with Gasteiger partial charge in [-0.3, -0.25) is 15.1 Å². The molecule has 2 aromatic rings. The molecule has 1 saturated heterocycles. The standard InChI is InChI=1S/C22H24ClN3O4/c1-2-30-22(27)25-9-7-14(8-10-25)20-19-6-5-17(23)11-15(19)3-4-16-12-18(26(28)29)13-24-21(16)20/h5-6,11-14,20H,2-4,7-10H2,1H3. The average Bonchev–Trinajstić information content (AvgIpc) is 2.90. The van der Waals surface area contributed by atoms with Crippen molar-refractivity contribution in [3.05, 3.63) is 68.0 Å². The van der Waals surface area contributed by atoms with Gasteiger partial charge in [-0.25, -0.2) is 4.79 Å². The Kier molecular flexibility index (Phi) is 5.90. The second-order valence-corrected chi connectivity index (χ2v) is 8.28. The topological polar surface area (TPSA) is 85.6 Å². The lowest BCUT2D eigenvalue weighted by Gasteiger charge is -2.36. The normalized spacial score (nSPS) is 18.9. The summed E-state index contributed by atoms with van der Waals surface area (Å²) in [6.07, 6.45) is 4.20. The van der Waals surface area contributed by atoms with E-state index in [1.54, 1.807) is 17.9 Å². The lowest BCUT2D eigenvalue weighted by molar-refractivity contribution is -0.385. The van der Waals surface area contributed by atoms with Crippen molar-refractivity contribution < 1.29 is 14.5 Å². The highest BCUT2D eigenvalue weighted by Crippen LogP contribution is 2.43. The quantitative estimate of drug-likeness (QED) is 0.519. The maximum Gasteiger partial charge on any atom is 0.409 e. The first kappa shape index (κ1) is 20.6. The number of halogens is 1. The van der Waals surface area contributed by atoms with Crippen LogP contribution in [0.5, 0.6) is 0 Å². The number of fused-ring (bicyclic) bond motifs is 2. The smallest absolute Gasteiger partial charge is 0.409 e. The summed E-state index contributed by atoms with van der Waals surface area (Å²) in [6.45, 7) is 3.43. The zero-order valence-electron chi connectivity index (χ0n) is 16.8. The molecule has 158 valence electrons. The molecule has 2 heterocycles. The third-order valence-electron chi connectivity index (χ3n) is 6.13. The first-order valence-corrected chi connectivity index (χ1v) is 10.7. The highest BCUT2D eigenvalue weighted by molar-refractivity contribution is 6.30. The Balaban J connectivity index is 1.69. The number of hydrogen-bond donors (Lipinski definition) is 0. The first-order valence-electron chi connectivity index (χ1n) is 10.3. The van der Waals surface area contributed by atoms with E-state index >= 15 is 0 Å². The number of amides is 1. The molecular weight excluding hydrogens is 406 g/mol. The highest BCUT2D eigenvalue weighted by atomic mass is 35.5. The first-order chi connectivity index (χ1) is 14.5. The van der Waals surface area contributed by atoms with Crippen molar-refractivity contribution >= 4 is 23.4 Å². The number of benzene rings is 1. The molecule has 0 spiro atoms. The second kappa shape index (κ2) is 8.60. The molecule has 1 aromatic carbocycles. The van der Waals surface area contributed by atoms with Crippen LogP contribution >= 0.6 is 11.6 Å². The number of carbonyl (C=O) groups is 1. The number of nitrogens with zero attached hydrogens (tertiary/aromatic N) is 3. The van der Waals surface area contributed by atoms with Crippen molar-refractivity contribution in [3.63, 3.8) is 0 Å². The lowest BCUT2D eigenvalue weighted by Crippen LogP contribution is -2.40. The predicted octanol–water partition coefficient (Wildman–Crippen LogP) is 4.74. The molecule has 7 nitrogen and oxygen atoms in total. The summed E-state index contributed by atoms with van der Waals surface area (Å²) in [6, 6.07) is 7.63. The zero-order valence-corrected chi connectivity index (χ0v) is 17.6. The lowest BCUT2D eigenvalue weighted by atomic mass is 9.76. The van der Waals surface area contributed by atoms with Gasteiger partial charge in [0.2, 0.25) is 0 Å². The van der Waals surface area contributed by atoms with Crippen molar-refractivity contribution in [1.29, 1.82) is 0 Å². The molecule has 1 amide bonds. The second-order valence-electron chi connectivity index (χ2n) is 7.84. The Morgan fingerprint density at radius 2 is 2.00 bits per heavy atom. The Morgan fingerprint density at radius 1 is 1.27 bits per heavy atom. The molecule has 0 bridgehead atoms. The largest absolute Gasteiger partial charge is 0.450 e. The number of ether oxygens (including phenoxy) is 1. The molecule has 30 heavy (non-hydrogen) atoms. The van der Waals surface area contributed by atoms with Gasteiger partial charge in [-0.1, -0.05) is 17.7 Å². The maximum atomic E-state index is 12.1. The minimum Gasteiger partial charge on any atom is -0.450 e. The average molecular weight is 430 g/mol. The van der Waals surface area contributed by atoms with Crippen molar-refractivity contribution in [2.45, 2.75) is 38.5 Å². The number of aromatic nitrogens is 1. The Morgan fingerprint density at radius 3 is 2.70 bits per heavy atom. The van der Waals surface area contributed by atoms with E-state index in [2.05, 4.69) is 11.1 Å². The monoisotopic (exact) mass is 429 g/mol. The molecule has 0 saturated carbocycles. The van der Waals surface area contributed by atoms with E-state index in [0.717, 1.165) is 30.5 Å². The summed E-state index contributed by atoms with van der Waals surface area (Å²) in [5, 5.41) is 12.0. The molecule has 1 aliphatic heterocycles. The summed E-state index contributed by atoms with van der Waals surface area (Å²) in [4.78, 5) is 29.3. The molecule has 1 aromatic heterocycles. The van der Waals surface area contributed by atoms with Crippen LogP contribution in [0.15, 0.2) is 30.5 Å². The number of pyridine rings is 1. The maximum absolute atomic E-state index is 12.1. The third kappa shape index (κ3) is 3.99. The van der Waals surface area contributed by atoms with Gasteiger partial charge < -0.3 is 9.64 Å². The SMILES string of the molecule is CCOC(=O)N1CCC(C2c3ccc(Cl)cc3CCc3cc([N+](=O)[O-])cnc32)CC1. The fourth-order valence-corrected chi connectivity index (χ4v) is 4.90. The van der Waals surface area contributed by atoms with E-state index in [0.29, 0.717) is 31.1 Å². The van der Waals surface area contributed by atoms with Crippen LogP contribution < -0.4 is 0 Å². The molecule has 1 fully saturated rings. The van der Waals surface area contributed by atoms with Gasteiger partial charge in [0.15, 0.2) is 0 Å². The fraction of sp³-hybridized carbons (Fsp3) is 0.455. The number of aryl methyl sites for hydroxylation is 2. The molecule has 0 radical (unpaired) electrons. The van der Waals surface area contributed by atoms with E-state index < -0.39 is 4.92 Å². The fourth-order valence-electron chi connectivity index (χ4n) is 4.71. The minimum atomic E-state index is -0.394. The highest BCUT2D eigenvalue weighted by Gasteiger charge is 2.35. The van der Waals surface area contributed by atoms with Crippen LogP contribution in [0, 0.1) is 16.0 Å². The number of nitro groups is 1. The minimum absolute atomic E-state index is 0.0219. The molecule has 2 aliphatic rings. The van der Waals surface area contributed by atoms with Gasteiger partial charge in [-0.05, 0) is 67.3 Å². The van der Waals surface area contributed by atoms with Crippen LogP contribution in [0.1, 0.15) is 48.1 Å². The van der Waals surface area contributed by atoms with E-state index in [1.807, 2.05) is 12.1 Å². The molecule has 1 atom stereocenters. The van der Waals surface area contributed by atoms with Crippen LogP contribution in [0.3, 0.4) is 0 Å². The Bertz CT molecular complexity index is 973. The van der Waals surface area contributed by atoms with Crippen LogP contribution in [0.4, 0.5) is 10.5 Å². The molecule has 1 unspecified atom stereocenters. The summed E-state index contributed by atoms with van der Waals surface area (Å²) in [5.41, 5.74) is 4.22. The van der Waals surface area contributed by atoms with Gasteiger partial charge in [-0.2, -0.15) is 0 Å². The van der Waals surface area contributed by atoms with Crippen LogP contribution in [0.25, 0.3) is 0 Å². The summed E-state index contributed by atoms with van der Waals surface area (Å²) >= 11 is 6.26. The number of rotatable bonds is 3. The summed E-state index contributed by atoms with van der Waals surface area (Å²) in [5.74, 6) is 0.307. The third-order valence-corrected chi connectivity index (χ3v) is 6.37. The molecule has 8 heteroatoms. The molecule has 4 rings (SSSR count). The van der Waals surface area contributed by atoms with Crippen LogP contribution in [-0.2, 0) is 17.6 Å². The van der Waals surface area contributed by atoms with Gasteiger partial charge in [0, 0.05) is 30.1 Å². The zero-order chi connectivity index (χ0) is 21.3. The van der Waals surface area contributed by atoms with E-state index in [9.17, 15) is 14.9 Å². The molecule has 0 N–H and O–H groups in total. The Labute approximate surface area is 180 Å². The van der Waals surface area contributed by atoms with Crippen molar-refractivity contribution in [2.75, 3.05) is 19.7 Å². The number of carbonyl (C=O) groups excluding carboxylic acids is 1. The van der Waals surface area contributed by atoms with Crippen molar-refractivity contribution in [3.8, 4) is 0 Å². The van der Waals surface area contributed by atoms with Gasteiger partial charge in [0.05, 0.1) is 17.2 Å². The molecular formula is C22H24ClN3O4. The van der Waals surface area contributed by atoms with Gasteiger partial charge in [0.1, 0.15) is 6.20 Å². The predicted molar refractivity (Wildman–Crippen MR) is 113 cm³/mol. The number of likely N-dealkylation sites (tertiary alicyclic amines) is 1. The van der Waals surface area contributed by atoms with Crippen molar-refractivity contribution in [2.24, 2.45) is 5.92 Å². The van der Waals surface area contributed by atoms with Crippen molar-refractivity contribution in [1.82, 2.24) is 9.88 Å². The van der Waals surface area contributed by atoms with E-state index in [1.165, 1.54) is 17.3 Å². The Hall–Kier alpha value is -2.67. The van der Waals surface area contributed by atoms with Gasteiger partial charge in [-0.15, -0.1) is 0 Å². The number of piperidine rings is 1. The van der Waals surface area contributed by atoms with Crippen LogP contribution in [0.2, 0.25) is 5.02 Å². The molecule has 1 aliphatic carbocycles. The van der Waals surface area contributed by atoms with Gasteiger partial charge >= 0.3 is 6.09 Å². The van der Waals surface area contributed by atoms with Gasteiger partial charge in [0.25, 0.3) is 5.69 Å². The van der Waals surface area contributed by atoms with Crippen LogP contribution in [-0.4, -0.2) is 40.6 Å². The van der Waals surface area contributed by atoms with E-state index in [-0.39, 0.29) is 23.6 Å². The number of hydrogen-bond acceptors (Lipinski definition) is 5. The van der Waals surface area contributed by atoms with E-state index in [4.69, 9.17) is 16.3 Å².